The molecule has 0 N–H and O–H groups in total. The number of carbonyl (C=O) groups excluding carboxylic acids is 1. The third-order valence-corrected chi connectivity index (χ3v) is 5.71. The van der Waals surface area contributed by atoms with E-state index in [9.17, 15) is 18.0 Å². The van der Waals surface area contributed by atoms with E-state index in [2.05, 4.69) is 4.74 Å². The minimum absolute atomic E-state index is 0.288. The number of hydrogen-bond donors (Lipinski definition) is 0. The van der Waals surface area contributed by atoms with E-state index in [0.717, 1.165) is 11.8 Å². The first-order chi connectivity index (χ1) is 14.7. The van der Waals surface area contributed by atoms with Crippen LogP contribution >= 0.6 is 35.6 Å². The van der Waals surface area contributed by atoms with Crippen LogP contribution < -0.4 is 9.64 Å². The number of furan rings is 1. The summed E-state index contributed by atoms with van der Waals surface area (Å²) in [6.45, 7) is 0. The Balaban J connectivity index is 1.52. The summed E-state index contributed by atoms with van der Waals surface area (Å²) < 4.78 is 46.8. The van der Waals surface area contributed by atoms with E-state index >= 15 is 0 Å². The molecule has 2 aromatic carbocycles. The van der Waals surface area contributed by atoms with Gasteiger partial charge in [-0.3, -0.25) is 9.69 Å². The van der Waals surface area contributed by atoms with Crippen molar-refractivity contribution >= 4 is 57.6 Å². The zero-order chi connectivity index (χ0) is 22.2. The van der Waals surface area contributed by atoms with Crippen LogP contribution in [-0.2, 0) is 4.79 Å². The number of ether oxygens (including phenoxy) is 1. The van der Waals surface area contributed by atoms with Gasteiger partial charge in [0.25, 0.3) is 5.91 Å². The van der Waals surface area contributed by atoms with Gasteiger partial charge < -0.3 is 9.15 Å². The highest BCUT2D eigenvalue weighted by Crippen LogP contribution is 2.37. The Morgan fingerprint density at radius 3 is 2.35 bits per heavy atom. The first-order valence-electron chi connectivity index (χ1n) is 8.69. The van der Waals surface area contributed by atoms with Gasteiger partial charge in [0.05, 0.1) is 10.6 Å². The van der Waals surface area contributed by atoms with Crippen molar-refractivity contribution in [2.24, 2.45) is 0 Å². The molecular weight excluding hydrogens is 471 g/mol. The third-order valence-electron chi connectivity index (χ3n) is 4.15. The maximum absolute atomic E-state index is 12.8. The van der Waals surface area contributed by atoms with E-state index in [1.54, 1.807) is 42.5 Å². The zero-order valence-electron chi connectivity index (χ0n) is 15.4. The van der Waals surface area contributed by atoms with Crippen LogP contribution in [0, 0.1) is 0 Å². The van der Waals surface area contributed by atoms with Crippen molar-refractivity contribution in [3.8, 4) is 17.1 Å². The molecule has 0 atom stereocenters. The van der Waals surface area contributed by atoms with Gasteiger partial charge in [0.15, 0.2) is 4.32 Å². The molecule has 3 aromatic rings. The summed E-state index contributed by atoms with van der Waals surface area (Å²) in [4.78, 5) is 14.6. The van der Waals surface area contributed by atoms with Gasteiger partial charge >= 0.3 is 6.36 Å². The largest absolute Gasteiger partial charge is 0.573 e. The lowest BCUT2D eigenvalue weighted by atomic mass is 10.2. The first-order valence-corrected chi connectivity index (χ1v) is 10.3. The molecule has 0 spiro atoms. The van der Waals surface area contributed by atoms with Gasteiger partial charge in [-0.05, 0) is 60.7 Å². The second kappa shape index (κ2) is 8.41. The molecule has 0 saturated carbocycles. The second-order valence-electron chi connectivity index (χ2n) is 6.27. The predicted octanol–water partition coefficient (Wildman–Crippen LogP) is 6.90. The molecule has 4 rings (SSSR count). The summed E-state index contributed by atoms with van der Waals surface area (Å²) in [5.74, 6) is 0.220. The van der Waals surface area contributed by atoms with Crippen LogP contribution in [0.4, 0.5) is 18.9 Å². The molecule has 0 bridgehead atoms. The van der Waals surface area contributed by atoms with Crippen LogP contribution in [0.15, 0.2) is 70.0 Å². The van der Waals surface area contributed by atoms with E-state index in [-0.39, 0.29) is 11.7 Å². The highest BCUT2D eigenvalue weighted by molar-refractivity contribution is 8.27. The van der Waals surface area contributed by atoms with E-state index in [4.69, 9.17) is 28.2 Å². The Labute approximate surface area is 189 Å². The van der Waals surface area contributed by atoms with Gasteiger partial charge in [-0.15, -0.1) is 13.2 Å². The number of amides is 1. The van der Waals surface area contributed by atoms with Gasteiger partial charge in [0.1, 0.15) is 17.3 Å². The Morgan fingerprint density at radius 1 is 1.03 bits per heavy atom. The molecule has 2 heterocycles. The van der Waals surface area contributed by atoms with Crippen LogP contribution in [0.1, 0.15) is 5.76 Å². The predicted molar refractivity (Wildman–Crippen MR) is 118 cm³/mol. The number of alkyl halides is 3. The molecule has 0 radical (unpaired) electrons. The summed E-state index contributed by atoms with van der Waals surface area (Å²) in [5.41, 5.74) is 1.17. The summed E-state index contributed by atoms with van der Waals surface area (Å²) >= 11 is 12.4. The number of nitrogens with zero attached hydrogens (tertiary/aromatic N) is 1. The number of hydrogen-bond acceptors (Lipinski definition) is 5. The van der Waals surface area contributed by atoms with Crippen molar-refractivity contribution in [3.63, 3.8) is 0 Å². The fourth-order valence-corrected chi connectivity index (χ4v) is 4.22. The van der Waals surface area contributed by atoms with Gasteiger partial charge in [0.2, 0.25) is 0 Å². The minimum atomic E-state index is -4.75. The fourth-order valence-electron chi connectivity index (χ4n) is 2.82. The smallest absolute Gasteiger partial charge is 0.457 e. The molecule has 1 aromatic heterocycles. The molecule has 10 heteroatoms. The van der Waals surface area contributed by atoms with Crippen molar-refractivity contribution < 1.29 is 27.1 Å². The number of benzene rings is 2. The maximum atomic E-state index is 12.8. The highest BCUT2D eigenvalue weighted by Gasteiger charge is 2.33. The zero-order valence-corrected chi connectivity index (χ0v) is 17.7. The lowest BCUT2D eigenvalue weighted by Crippen LogP contribution is -2.27. The minimum Gasteiger partial charge on any atom is -0.457 e. The van der Waals surface area contributed by atoms with E-state index in [1.807, 2.05) is 0 Å². The van der Waals surface area contributed by atoms with Crippen LogP contribution in [0.2, 0.25) is 5.02 Å². The molecule has 158 valence electrons. The number of halogens is 4. The number of thiocarbonyl (C=S) groups is 1. The second-order valence-corrected chi connectivity index (χ2v) is 8.38. The molecule has 1 aliphatic rings. The van der Waals surface area contributed by atoms with Crippen LogP contribution in [0.3, 0.4) is 0 Å². The lowest BCUT2D eigenvalue weighted by Gasteiger charge is -2.14. The van der Waals surface area contributed by atoms with Crippen LogP contribution in [0.5, 0.6) is 5.75 Å². The van der Waals surface area contributed by atoms with Crippen molar-refractivity contribution in [2.75, 3.05) is 4.90 Å². The standard InChI is InChI=1S/C21H11ClF3NO3S2/c22-13-3-5-14(6-4-13)26-19(27)18(31-20(26)30)11-16-9-10-17(28-16)12-1-7-15(8-2-12)29-21(23,24)25/h1-11H. The van der Waals surface area contributed by atoms with Crippen molar-refractivity contribution in [3.05, 3.63) is 76.4 Å². The number of anilines is 1. The molecule has 1 fully saturated rings. The average Bonchev–Trinajstić information content (AvgIpc) is 3.27. The fraction of sp³-hybridized carbons (Fsp3) is 0.0476. The molecule has 1 amide bonds. The molecule has 1 aliphatic heterocycles. The quantitative estimate of drug-likeness (QED) is 0.299. The molecule has 4 nitrogen and oxygen atoms in total. The average molecular weight is 482 g/mol. The van der Waals surface area contributed by atoms with Crippen LogP contribution in [0.25, 0.3) is 17.4 Å². The third kappa shape index (κ3) is 4.95. The molecule has 1 saturated heterocycles. The number of carbonyl (C=O) groups is 1. The normalized spacial score (nSPS) is 15.7. The van der Waals surface area contributed by atoms with Crippen molar-refractivity contribution in [2.45, 2.75) is 6.36 Å². The Morgan fingerprint density at radius 2 is 1.71 bits per heavy atom. The summed E-state index contributed by atoms with van der Waals surface area (Å²) in [7, 11) is 0. The summed E-state index contributed by atoms with van der Waals surface area (Å²) in [6.07, 6.45) is -3.18. The molecule has 0 unspecified atom stereocenters. The van der Waals surface area contributed by atoms with Gasteiger partial charge in [-0.2, -0.15) is 0 Å². The number of rotatable bonds is 4. The van der Waals surface area contributed by atoms with Gasteiger partial charge in [-0.1, -0.05) is 35.6 Å². The van der Waals surface area contributed by atoms with Crippen LogP contribution in [-0.4, -0.2) is 16.6 Å². The van der Waals surface area contributed by atoms with E-state index in [1.165, 1.54) is 29.2 Å². The Bertz CT molecular complexity index is 1170. The Hall–Kier alpha value is -2.75. The molecule has 31 heavy (non-hydrogen) atoms. The van der Waals surface area contributed by atoms with Crippen molar-refractivity contribution in [1.82, 2.24) is 0 Å². The SMILES string of the molecule is O=C1C(=Cc2ccc(-c3ccc(OC(F)(F)F)cc3)o2)SC(=S)N1c1ccc(Cl)cc1. The molecule has 0 aliphatic carbocycles. The van der Waals surface area contributed by atoms with Crippen molar-refractivity contribution in [1.29, 1.82) is 0 Å². The van der Waals surface area contributed by atoms with Gasteiger partial charge in [0, 0.05) is 16.7 Å². The topological polar surface area (TPSA) is 42.7 Å². The first kappa shape index (κ1) is 21.5. The monoisotopic (exact) mass is 481 g/mol. The summed E-state index contributed by atoms with van der Waals surface area (Å²) in [5, 5.41) is 0.547. The Kier molecular flexibility index (Phi) is 5.83. The lowest BCUT2D eigenvalue weighted by molar-refractivity contribution is -0.274. The maximum Gasteiger partial charge on any atom is 0.573 e. The van der Waals surface area contributed by atoms with E-state index < -0.39 is 6.36 Å². The summed E-state index contributed by atoms with van der Waals surface area (Å²) in [6, 6.07) is 15.3. The van der Waals surface area contributed by atoms with E-state index in [0.29, 0.717) is 37.0 Å². The molecular formula is C21H11ClF3NO3S2. The van der Waals surface area contributed by atoms with Gasteiger partial charge in [-0.25, -0.2) is 0 Å². The highest BCUT2D eigenvalue weighted by atomic mass is 35.5. The number of thioether (sulfide) groups is 1.